The first-order valence-electron chi connectivity index (χ1n) is 10.6. The van der Waals surface area contributed by atoms with Crippen molar-refractivity contribution >= 4 is 28.0 Å². The van der Waals surface area contributed by atoms with Crippen LogP contribution in [0.4, 0.5) is 70.2 Å². The first kappa shape index (κ1) is 30.6. The predicted octanol–water partition coefficient (Wildman–Crippen LogP) is 5.00. The van der Waals surface area contributed by atoms with Crippen molar-refractivity contribution in [2.45, 2.75) is 0 Å². The number of benzene rings is 4. The van der Waals surface area contributed by atoms with Crippen LogP contribution in [0.1, 0.15) is 0 Å². The van der Waals surface area contributed by atoms with Gasteiger partial charge in [0.1, 0.15) is 46.8 Å². The van der Waals surface area contributed by atoms with E-state index in [1.807, 2.05) is 0 Å². The second kappa shape index (κ2) is 10.2. The average Bonchev–Trinajstić information content (AvgIpc) is 2.94. The summed E-state index contributed by atoms with van der Waals surface area (Å²) in [4.78, 5) is 0. The Morgan fingerprint density at radius 1 is 0.357 bits per heavy atom. The van der Waals surface area contributed by atoms with Crippen LogP contribution in [0.3, 0.4) is 0 Å². The molecule has 0 bridgehead atoms. The zero-order valence-electron chi connectivity index (χ0n) is 19.3. The second-order valence-corrected chi connectivity index (χ2v) is 8.52. The van der Waals surface area contributed by atoms with Gasteiger partial charge in [0.25, 0.3) is 0 Å². The molecule has 0 aliphatic carbocycles. The minimum atomic E-state index is -6.24. The van der Waals surface area contributed by atoms with Crippen LogP contribution >= 0.6 is 0 Å². The molecule has 4 rings (SSSR count). The van der Waals surface area contributed by atoms with Gasteiger partial charge in [0.05, 0.1) is 5.82 Å². The molecule has 0 unspecified atom stereocenters. The molecule has 0 aromatic heterocycles. The van der Waals surface area contributed by atoms with Gasteiger partial charge >= 0.3 is 0 Å². The Bertz CT molecular complexity index is 1570. The molecule has 222 valence electrons. The molecule has 0 fully saturated rings. The third kappa shape index (κ3) is 3.90. The lowest BCUT2D eigenvalue weighted by Crippen LogP contribution is -2.80. The molecule has 0 aliphatic heterocycles. The largest absolute Gasteiger partial charge is 0.508 e. The van der Waals surface area contributed by atoms with Gasteiger partial charge in [-0.25, -0.2) is 70.2 Å². The molecule has 18 heteroatoms. The lowest BCUT2D eigenvalue weighted by molar-refractivity contribution is 0.380. The topological polar surface area (TPSA) is 20.2 Å². The van der Waals surface area contributed by atoms with Gasteiger partial charge in [-0.3, -0.25) is 0 Å². The number of phenols is 1. The normalized spacial score (nSPS) is 11.9. The maximum Gasteiger partial charge on any atom is 0.200 e. The van der Waals surface area contributed by atoms with Gasteiger partial charge in [0.15, 0.2) is 52.4 Å². The maximum atomic E-state index is 15.4. The lowest BCUT2D eigenvalue weighted by Gasteiger charge is -2.44. The Kier molecular flexibility index (Phi) is 7.40. The van der Waals surface area contributed by atoms with Crippen LogP contribution in [0.15, 0.2) is 18.2 Å². The summed E-state index contributed by atoms with van der Waals surface area (Å²) in [6, 6.07) is -0.214. The highest BCUT2D eigenvalue weighted by Gasteiger charge is 2.50. The zero-order valence-corrected chi connectivity index (χ0v) is 19.3. The molecular formula is C24H4BF16O-. The van der Waals surface area contributed by atoms with Gasteiger partial charge in [0, 0.05) is 6.07 Å². The van der Waals surface area contributed by atoms with Crippen molar-refractivity contribution in [3.63, 3.8) is 0 Å². The quantitative estimate of drug-likeness (QED) is 0.147. The van der Waals surface area contributed by atoms with Crippen molar-refractivity contribution in [1.82, 2.24) is 0 Å². The van der Waals surface area contributed by atoms with E-state index in [4.69, 9.17) is 0 Å². The monoisotopic (exact) mass is 623 g/mol. The Balaban J connectivity index is 2.59. The molecule has 0 saturated heterocycles. The summed E-state index contributed by atoms with van der Waals surface area (Å²) in [5.74, 6) is -51.8. The van der Waals surface area contributed by atoms with E-state index in [1.165, 1.54) is 0 Å². The van der Waals surface area contributed by atoms with E-state index in [-0.39, 0.29) is 18.2 Å². The first-order valence-corrected chi connectivity index (χ1v) is 10.6. The number of halogens is 16. The SMILES string of the molecule is Oc1ccc([B-](c2c(F)c(F)c(F)c(F)c2F)(c2c(F)c(F)c(F)c(F)c2F)c2c(F)c(F)c(F)c(F)c2F)c(F)c1. The molecule has 0 radical (unpaired) electrons. The van der Waals surface area contributed by atoms with Gasteiger partial charge in [-0.05, 0) is 6.07 Å². The molecule has 4 aromatic rings. The van der Waals surface area contributed by atoms with E-state index < -0.39 is 127 Å². The number of aromatic hydroxyl groups is 1. The number of rotatable bonds is 4. The zero-order chi connectivity index (χ0) is 31.7. The Morgan fingerprint density at radius 3 is 0.833 bits per heavy atom. The average molecular weight is 623 g/mol. The Morgan fingerprint density at radius 2 is 0.595 bits per heavy atom. The van der Waals surface area contributed by atoms with E-state index in [0.29, 0.717) is 0 Å². The van der Waals surface area contributed by atoms with E-state index >= 15 is 30.7 Å². The standard InChI is InChI=1S/C24H4BF16O/c26-6-3-4(42)1-2-5(6)25(7-10(27)16(33)22(39)17(34)11(7)28,8-12(29)18(35)23(40)19(36)13(8)30)9-14(31)20(37)24(41)21(38)15(9)32/h1-3,42H/q-1. The molecule has 0 atom stereocenters. The summed E-state index contributed by atoms with van der Waals surface area (Å²) >= 11 is 0. The van der Waals surface area contributed by atoms with E-state index in [0.717, 1.165) is 0 Å². The van der Waals surface area contributed by atoms with Crippen LogP contribution in [-0.4, -0.2) is 11.3 Å². The number of hydrogen-bond acceptors (Lipinski definition) is 1. The van der Waals surface area contributed by atoms with Crippen molar-refractivity contribution < 1.29 is 75.4 Å². The fourth-order valence-corrected chi connectivity index (χ4v) is 4.77. The van der Waals surface area contributed by atoms with Crippen LogP contribution in [0.5, 0.6) is 5.75 Å². The second-order valence-electron chi connectivity index (χ2n) is 8.52. The van der Waals surface area contributed by atoms with Crippen LogP contribution in [0.2, 0.25) is 0 Å². The summed E-state index contributed by atoms with van der Waals surface area (Å²) in [5, 5.41) is 9.53. The molecule has 0 heterocycles. The van der Waals surface area contributed by atoms with Gasteiger partial charge in [-0.1, -0.05) is 6.07 Å². The van der Waals surface area contributed by atoms with Crippen LogP contribution in [0.25, 0.3) is 0 Å². The van der Waals surface area contributed by atoms with Crippen molar-refractivity contribution in [2.75, 3.05) is 0 Å². The van der Waals surface area contributed by atoms with Gasteiger partial charge in [0.2, 0.25) is 0 Å². The highest BCUT2D eigenvalue weighted by molar-refractivity contribution is 7.20. The molecular weight excluding hydrogens is 619 g/mol. The predicted molar refractivity (Wildman–Crippen MR) is 111 cm³/mol. The van der Waals surface area contributed by atoms with Gasteiger partial charge < -0.3 is 5.11 Å². The van der Waals surface area contributed by atoms with E-state index in [9.17, 15) is 44.6 Å². The van der Waals surface area contributed by atoms with E-state index in [2.05, 4.69) is 0 Å². The minimum absolute atomic E-state index is 0.152. The van der Waals surface area contributed by atoms with E-state index in [1.54, 1.807) is 0 Å². The fraction of sp³-hybridized carbons (Fsp3) is 0. The highest BCUT2D eigenvalue weighted by atomic mass is 19.2. The minimum Gasteiger partial charge on any atom is -0.508 e. The molecule has 0 spiro atoms. The lowest BCUT2D eigenvalue weighted by atomic mass is 9.12. The molecule has 0 amide bonds. The first-order chi connectivity index (χ1) is 19.4. The van der Waals surface area contributed by atoms with Crippen LogP contribution in [-0.2, 0) is 0 Å². The van der Waals surface area contributed by atoms with Crippen LogP contribution in [0, 0.1) is 93.1 Å². The third-order valence-corrected chi connectivity index (χ3v) is 6.48. The van der Waals surface area contributed by atoms with Crippen molar-refractivity contribution in [2.24, 2.45) is 0 Å². The van der Waals surface area contributed by atoms with Gasteiger partial charge in [-0.2, -0.15) is 5.46 Å². The number of hydrogen-bond donors (Lipinski definition) is 1. The maximum absolute atomic E-state index is 15.4. The summed E-state index contributed by atoms with van der Waals surface area (Å²) < 4.78 is 236. The Hall–Kier alpha value is -4.38. The smallest absolute Gasteiger partial charge is 0.200 e. The molecule has 42 heavy (non-hydrogen) atoms. The van der Waals surface area contributed by atoms with Crippen molar-refractivity contribution in [3.05, 3.63) is 111 Å². The summed E-state index contributed by atoms with van der Waals surface area (Å²) in [6.07, 6.45) is -6.24. The highest BCUT2D eigenvalue weighted by Crippen LogP contribution is 2.29. The van der Waals surface area contributed by atoms with Crippen molar-refractivity contribution in [3.8, 4) is 5.75 Å². The summed E-state index contributed by atoms with van der Waals surface area (Å²) in [7, 11) is 0. The van der Waals surface area contributed by atoms with Crippen LogP contribution < -0.4 is 21.9 Å². The third-order valence-electron chi connectivity index (χ3n) is 6.48. The molecule has 4 aromatic carbocycles. The van der Waals surface area contributed by atoms with Gasteiger partial charge in [-0.15, -0.1) is 16.4 Å². The Labute approximate surface area is 221 Å². The molecule has 0 aliphatic rings. The van der Waals surface area contributed by atoms with Crippen molar-refractivity contribution in [1.29, 1.82) is 0 Å². The molecule has 1 nitrogen and oxygen atoms in total. The summed E-state index contributed by atoms with van der Waals surface area (Å²) in [6.45, 7) is 0. The fourth-order valence-electron chi connectivity index (χ4n) is 4.77. The summed E-state index contributed by atoms with van der Waals surface area (Å²) in [5.41, 5.74) is -11.1. The molecule has 0 saturated carbocycles. The molecule has 1 N–H and O–H groups in total. The number of phenolic OH excluding ortho intramolecular Hbond substituents is 1.